The lowest BCUT2D eigenvalue weighted by Crippen LogP contribution is -2.40. The molecule has 0 heterocycles. The van der Waals surface area contributed by atoms with E-state index < -0.39 is 0 Å². The third-order valence-electron chi connectivity index (χ3n) is 5.42. The minimum absolute atomic E-state index is 0.829. The molecule has 0 aliphatic rings. The van der Waals surface area contributed by atoms with E-state index in [0.29, 0.717) is 0 Å². The van der Waals surface area contributed by atoms with Crippen molar-refractivity contribution in [3.63, 3.8) is 0 Å². The second-order valence-corrected chi connectivity index (χ2v) is 10.5. The Balaban J connectivity index is 4.61. The first-order valence-corrected chi connectivity index (χ1v) is 12.1. The molecule has 0 aliphatic carbocycles. The van der Waals surface area contributed by atoms with Crippen LogP contribution in [0.25, 0.3) is 0 Å². The normalized spacial score (nSPS) is 12.7. The summed E-state index contributed by atoms with van der Waals surface area (Å²) in [4.78, 5) is 5.52. The summed E-state index contributed by atoms with van der Waals surface area (Å²) in [5.41, 5.74) is 0. The van der Waals surface area contributed by atoms with Crippen molar-refractivity contribution in [2.24, 2.45) is 23.7 Å². The van der Waals surface area contributed by atoms with Gasteiger partial charge < -0.3 is 0 Å². The summed E-state index contributed by atoms with van der Waals surface area (Å²) in [6.45, 7) is 25.1. The summed E-state index contributed by atoms with van der Waals surface area (Å²) in [6.07, 6.45) is 10.9. The SMILES string of the molecule is CC(C)CCCN(CCCC(C)C)CN(CCCC(C)C)CCCC(C)C. The van der Waals surface area contributed by atoms with Gasteiger partial charge >= 0.3 is 0 Å². The van der Waals surface area contributed by atoms with Crippen molar-refractivity contribution >= 4 is 0 Å². The van der Waals surface area contributed by atoms with E-state index in [4.69, 9.17) is 0 Å². The fourth-order valence-corrected chi connectivity index (χ4v) is 3.68. The first-order chi connectivity index (χ1) is 12.7. The molecule has 2 nitrogen and oxygen atoms in total. The van der Waals surface area contributed by atoms with E-state index in [1.807, 2.05) is 0 Å². The molecule has 0 saturated heterocycles. The highest BCUT2D eigenvalue weighted by atomic mass is 15.3. The molecule has 0 bridgehead atoms. The lowest BCUT2D eigenvalue weighted by Gasteiger charge is -2.31. The average molecular weight is 383 g/mol. The van der Waals surface area contributed by atoms with Crippen LogP contribution in [-0.2, 0) is 0 Å². The Bertz CT molecular complexity index is 251. The van der Waals surface area contributed by atoms with Crippen LogP contribution in [0.1, 0.15) is 107 Å². The van der Waals surface area contributed by atoms with Crippen molar-refractivity contribution < 1.29 is 0 Å². The van der Waals surface area contributed by atoms with Gasteiger partial charge in [-0.25, -0.2) is 0 Å². The predicted octanol–water partition coefficient (Wildman–Crippen LogP) is 7.29. The van der Waals surface area contributed by atoms with Crippen LogP contribution in [0, 0.1) is 23.7 Å². The summed E-state index contributed by atoms with van der Waals surface area (Å²) in [5.74, 6) is 3.32. The molecule has 0 spiro atoms. The maximum atomic E-state index is 2.76. The quantitative estimate of drug-likeness (QED) is 0.230. The van der Waals surface area contributed by atoms with Gasteiger partial charge in [-0.2, -0.15) is 0 Å². The maximum Gasteiger partial charge on any atom is 0.0506 e. The van der Waals surface area contributed by atoms with Gasteiger partial charge in [-0.05, 0) is 101 Å². The van der Waals surface area contributed by atoms with E-state index >= 15 is 0 Å². The molecule has 0 radical (unpaired) electrons. The van der Waals surface area contributed by atoms with Crippen LogP contribution in [0.5, 0.6) is 0 Å². The van der Waals surface area contributed by atoms with Crippen LogP contribution in [0.3, 0.4) is 0 Å². The third-order valence-corrected chi connectivity index (χ3v) is 5.42. The minimum Gasteiger partial charge on any atom is -0.290 e. The van der Waals surface area contributed by atoms with E-state index in [9.17, 15) is 0 Å². The topological polar surface area (TPSA) is 6.48 Å². The van der Waals surface area contributed by atoms with E-state index in [-0.39, 0.29) is 0 Å². The zero-order chi connectivity index (χ0) is 20.7. The van der Waals surface area contributed by atoms with Gasteiger partial charge in [-0.3, -0.25) is 9.80 Å². The highest BCUT2D eigenvalue weighted by Crippen LogP contribution is 2.12. The van der Waals surface area contributed by atoms with E-state index in [0.717, 1.165) is 23.7 Å². The number of hydrogen-bond acceptors (Lipinski definition) is 2. The van der Waals surface area contributed by atoms with Crippen LogP contribution in [0.4, 0.5) is 0 Å². The van der Waals surface area contributed by atoms with Crippen LogP contribution in [0.2, 0.25) is 0 Å². The standard InChI is InChI=1S/C25H54N2/c1-22(2)13-9-17-26(18-10-14-23(3)4)21-27(19-11-15-24(5)6)20-12-16-25(7)8/h22-25H,9-21H2,1-8H3. The van der Waals surface area contributed by atoms with E-state index in [1.165, 1.54) is 84.2 Å². The molecule has 27 heavy (non-hydrogen) atoms. The number of rotatable bonds is 18. The molecule has 0 aliphatic heterocycles. The van der Waals surface area contributed by atoms with Gasteiger partial charge in [0.15, 0.2) is 0 Å². The summed E-state index contributed by atoms with van der Waals surface area (Å²) >= 11 is 0. The lowest BCUT2D eigenvalue weighted by atomic mass is 10.1. The Hall–Kier alpha value is -0.0800. The van der Waals surface area contributed by atoms with E-state index in [1.54, 1.807) is 0 Å². The summed E-state index contributed by atoms with van der Waals surface area (Å²) in [6, 6.07) is 0. The molecule has 2 heteroatoms. The first kappa shape index (κ1) is 26.9. The minimum atomic E-state index is 0.829. The summed E-state index contributed by atoms with van der Waals surface area (Å²) in [5, 5.41) is 0. The average Bonchev–Trinajstić information content (AvgIpc) is 2.52. The van der Waals surface area contributed by atoms with Crippen molar-refractivity contribution in [3.8, 4) is 0 Å². The molecule has 0 fully saturated rings. The first-order valence-electron chi connectivity index (χ1n) is 12.1. The molecule has 0 N–H and O–H groups in total. The van der Waals surface area contributed by atoms with Gasteiger partial charge in [-0.1, -0.05) is 55.4 Å². The largest absolute Gasteiger partial charge is 0.290 e. The number of nitrogens with zero attached hydrogens (tertiary/aromatic N) is 2. The van der Waals surface area contributed by atoms with Gasteiger partial charge in [0.25, 0.3) is 0 Å². The Morgan fingerprint density at radius 3 is 0.815 bits per heavy atom. The van der Waals surface area contributed by atoms with Crippen molar-refractivity contribution in [2.75, 3.05) is 32.8 Å². The molecule has 0 unspecified atom stereocenters. The molecular formula is C25H54N2. The molecular weight excluding hydrogens is 328 g/mol. The summed E-state index contributed by atoms with van der Waals surface area (Å²) in [7, 11) is 0. The molecule has 0 aromatic rings. The molecule has 0 saturated carbocycles. The van der Waals surface area contributed by atoms with Gasteiger partial charge in [0.05, 0.1) is 6.67 Å². The highest BCUT2D eigenvalue weighted by Gasteiger charge is 2.13. The van der Waals surface area contributed by atoms with Gasteiger partial charge in [0.2, 0.25) is 0 Å². The lowest BCUT2D eigenvalue weighted by molar-refractivity contribution is 0.119. The monoisotopic (exact) mass is 382 g/mol. The molecule has 0 amide bonds. The fraction of sp³-hybridized carbons (Fsp3) is 1.00. The Kier molecular flexibility index (Phi) is 16.8. The molecule has 0 rings (SSSR count). The molecule has 0 aromatic carbocycles. The Morgan fingerprint density at radius 1 is 0.407 bits per heavy atom. The third kappa shape index (κ3) is 19.0. The predicted molar refractivity (Wildman–Crippen MR) is 124 cm³/mol. The molecule has 164 valence electrons. The van der Waals surface area contributed by atoms with E-state index in [2.05, 4.69) is 65.2 Å². The number of hydrogen-bond donors (Lipinski definition) is 0. The van der Waals surface area contributed by atoms with Crippen LogP contribution in [0.15, 0.2) is 0 Å². The smallest absolute Gasteiger partial charge is 0.0506 e. The zero-order valence-electron chi connectivity index (χ0n) is 20.4. The van der Waals surface area contributed by atoms with Gasteiger partial charge in [-0.15, -0.1) is 0 Å². The van der Waals surface area contributed by atoms with Crippen LogP contribution >= 0.6 is 0 Å². The molecule has 0 aromatic heterocycles. The molecule has 0 atom stereocenters. The van der Waals surface area contributed by atoms with Crippen molar-refractivity contribution in [1.29, 1.82) is 0 Å². The second kappa shape index (κ2) is 16.8. The van der Waals surface area contributed by atoms with Crippen molar-refractivity contribution in [3.05, 3.63) is 0 Å². The van der Waals surface area contributed by atoms with Gasteiger partial charge in [0, 0.05) is 0 Å². The van der Waals surface area contributed by atoms with Crippen LogP contribution in [-0.4, -0.2) is 42.6 Å². The summed E-state index contributed by atoms with van der Waals surface area (Å²) < 4.78 is 0. The maximum absolute atomic E-state index is 2.76. The van der Waals surface area contributed by atoms with Gasteiger partial charge in [0.1, 0.15) is 0 Å². The van der Waals surface area contributed by atoms with Crippen LogP contribution < -0.4 is 0 Å². The second-order valence-electron chi connectivity index (χ2n) is 10.5. The van der Waals surface area contributed by atoms with Crippen molar-refractivity contribution in [2.45, 2.75) is 107 Å². The zero-order valence-corrected chi connectivity index (χ0v) is 20.4. The fourth-order valence-electron chi connectivity index (χ4n) is 3.68. The highest BCUT2D eigenvalue weighted by molar-refractivity contribution is 4.65. The Morgan fingerprint density at radius 2 is 0.630 bits per heavy atom. The Labute approximate surface area is 173 Å². The van der Waals surface area contributed by atoms with Crippen molar-refractivity contribution in [1.82, 2.24) is 9.80 Å².